The van der Waals surface area contributed by atoms with Gasteiger partial charge in [-0.3, -0.25) is 14.4 Å². The number of nitrogens with one attached hydrogen (secondary N) is 2. The summed E-state index contributed by atoms with van der Waals surface area (Å²) in [7, 11) is 0. The van der Waals surface area contributed by atoms with E-state index in [0.29, 0.717) is 16.4 Å². The van der Waals surface area contributed by atoms with E-state index in [4.69, 9.17) is 11.6 Å². The van der Waals surface area contributed by atoms with Crippen LogP contribution in [0.15, 0.2) is 59.4 Å². The van der Waals surface area contributed by atoms with Gasteiger partial charge in [0, 0.05) is 28.9 Å². The van der Waals surface area contributed by atoms with Crippen molar-refractivity contribution in [3.05, 3.63) is 86.8 Å². The SMILES string of the molecule is Cc1ccc(NC(=O)c2ccc(=O)n(CCC(=O)Nc3cccc(Cl)c3)n2)cc1C. The molecule has 0 bridgehead atoms. The number of amides is 2. The fraction of sp³-hybridized carbons (Fsp3) is 0.182. The Morgan fingerprint density at radius 2 is 1.73 bits per heavy atom. The lowest BCUT2D eigenvalue weighted by molar-refractivity contribution is -0.116. The van der Waals surface area contributed by atoms with Crippen molar-refractivity contribution in [2.24, 2.45) is 0 Å². The van der Waals surface area contributed by atoms with Crippen molar-refractivity contribution in [3.8, 4) is 0 Å². The van der Waals surface area contributed by atoms with Crippen molar-refractivity contribution in [2.45, 2.75) is 26.8 Å². The summed E-state index contributed by atoms with van der Waals surface area (Å²) in [5, 5.41) is 10.1. The van der Waals surface area contributed by atoms with Gasteiger partial charge < -0.3 is 10.6 Å². The number of hydrogen-bond acceptors (Lipinski definition) is 4. The zero-order valence-corrected chi connectivity index (χ0v) is 17.4. The van der Waals surface area contributed by atoms with Gasteiger partial charge in [0.2, 0.25) is 5.91 Å². The average molecular weight is 425 g/mol. The van der Waals surface area contributed by atoms with E-state index in [1.807, 2.05) is 26.0 Å². The number of rotatable bonds is 6. The van der Waals surface area contributed by atoms with Gasteiger partial charge in [-0.25, -0.2) is 4.68 Å². The van der Waals surface area contributed by atoms with Crippen LogP contribution in [0.3, 0.4) is 0 Å². The van der Waals surface area contributed by atoms with Gasteiger partial charge in [-0.1, -0.05) is 23.7 Å². The van der Waals surface area contributed by atoms with Crippen LogP contribution in [-0.2, 0) is 11.3 Å². The first kappa shape index (κ1) is 21.3. The molecule has 7 nitrogen and oxygen atoms in total. The summed E-state index contributed by atoms with van der Waals surface area (Å²) < 4.78 is 1.10. The van der Waals surface area contributed by atoms with Crippen LogP contribution in [0.4, 0.5) is 11.4 Å². The van der Waals surface area contributed by atoms with Crippen LogP contribution < -0.4 is 16.2 Å². The second-order valence-electron chi connectivity index (χ2n) is 6.84. The number of carbonyl (C=O) groups excluding carboxylic acids is 2. The molecule has 1 aromatic heterocycles. The van der Waals surface area contributed by atoms with Crippen molar-refractivity contribution in [1.29, 1.82) is 0 Å². The molecule has 0 aliphatic rings. The third-order valence-electron chi connectivity index (χ3n) is 4.52. The first-order chi connectivity index (χ1) is 14.3. The Bertz CT molecular complexity index is 1160. The van der Waals surface area contributed by atoms with E-state index < -0.39 is 11.5 Å². The van der Waals surface area contributed by atoms with E-state index in [0.717, 1.165) is 15.8 Å². The molecule has 0 spiro atoms. The van der Waals surface area contributed by atoms with Crippen molar-refractivity contribution >= 4 is 34.8 Å². The lowest BCUT2D eigenvalue weighted by atomic mass is 10.1. The van der Waals surface area contributed by atoms with Crippen molar-refractivity contribution in [3.63, 3.8) is 0 Å². The monoisotopic (exact) mass is 424 g/mol. The molecule has 2 amide bonds. The molecule has 0 atom stereocenters. The smallest absolute Gasteiger partial charge is 0.276 e. The number of aromatic nitrogens is 2. The summed E-state index contributed by atoms with van der Waals surface area (Å²) >= 11 is 5.90. The van der Waals surface area contributed by atoms with E-state index in [1.165, 1.54) is 12.1 Å². The summed E-state index contributed by atoms with van der Waals surface area (Å²) in [6, 6.07) is 15.0. The Balaban J connectivity index is 1.65. The minimum absolute atomic E-state index is 0.0155. The number of halogens is 1. The predicted octanol–water partition coefficient (Wildman–Crippen LogP) is 3.79. The molecular formula is C22H21ClN4O3. The number of carbonyl (C=O) groups is 2. The molecule has 3 aromatic rings. The van der Waals surface area contributed by atoms with E-state index in [9.17, 15) is 14.4 Å². The van der Waals surface area contributed by atoms with Crippen LogP contribution in [0.5, 0.6) is 0 Å². The normalized spacial score (nSPS) is 10.5. The molecule has 0 saturated carbocycles. The Morgan fingerprint density at radius 3 is 2.47 bits per heavy atom. The van der Waals surface area contributed by atoms with Gasteiger partial charge in [-0.2, -0.15) is 5.10 Å². The van der Waals surface area contributed by atoms with Crippen LogP contribution in [0.25, 0.3) is 0 Å². The highest BCUT2D eigenvalue weighted by atomic mass is 35.5. The first-order valence-corrected chi connectivity index (χ1v) is 9.72. The summed E-state index contributed by atoms with van der Waals surface area (Å²) in [4.78, 5) is 36.7. The number of hydrogen-bond donors (Lipinski definition) is 2. The molecule has 154 valence electrons. The van der Waals surface area contributed by atoms with Gasteiger partial charge in [0.1, 0.15) is 5.69 Å². The highest BCUT2D eigenvalue weighted by Gasteiger charge is 2.12. The largest absolute Gasteiger partial charge is 0.326 e. The Kier molecular flexibility index (Phi) is 6.64. The van der Waals surface area contributed by atoms with E-state index in [1.54, 1.807) is 30.3 Å². The standard InChI is InChI=1S/C22H21ClN4O3/c1-14-6-7-18(12-15(14)2)25-22(30)19-8-9-21(29)27(26-19)11-10-20(28)24-17-5-3-4-16(23)13-17/h3-9,12-13H,10-11H2,1-2H3,(H,24,28)(H,25,30). The summed E-state index contributed by atoms with van der Waals surface area (Å²) in [6.07, 6.45) is 0.0155. The third-order valence-corrected chi connectivity index (χ3v) is 4.76. The Hall–Kier alpha value is -3.45. The molecule has 3 rings (SSSR count). The molecule has 0 aliphatic heterocycles. The van der Waals surface area contributed by atoms with Gasteiger partial charge in [-0.05, 0) is 61.4 Å². The Morgan fingerprint density at radius 1 is 0.967 bits per heavy atom. The fourth-order valence-corrected chi connectivity index (χ4v) is 2.93. The molecular weight excluding hydrogens is 404 g/mol. The molecule has 0 fully saturated rings. The maximum Gasteiger partial charge on any atom is 0.276 e. The lowest BCUT2D eigenvalue weighted by Gasteiger charge is -2.09. The molecule has 30 heavy (non-hydrogen) atoms. The van der Waals surface area contributed by atoms with Gasteiger partial charge in [0.15, 0.2) is 0 Å². The highest BCUT2D eigenvalue weighted by molar-refractivity contribution is 6.30. The molecule has 0 unspecified atom stereocenters. The molecule has 0 aliphatic carbocycles. The molecule has 2 N–H and O–H groups in total. The zero-order chi connectivity index (χ0) is 21.7. The van der Waals surface area contributed by atoms with Crippen LogP contribution in [0.1, 0.15) is 28.0 Å². The molecule has 0 radical (unpaired) electrons. The minimum Gasteiger partial charge on any atom is -0.326 e. The van der Waals surface area contributed by atoms with Crippen LogP contribution in [-0.4, -0.2) is 21.6 Å². The molecule has 1 heterocycles. The van der Waals surface area contributed by atoms with Gasteiger partial charge in [-0.15, -0.1) is 0 Å². The number of aryl methyl sites for hydroxylation is 3. The van der Waals surface area contributed by atoms with Gasteiger partial charge >= 0.3 is 0 Å². The summed E-state index contributed by atoms with van der Waals surface area (Å²) in [5.74, 6) is -0.730. The van der Waals surface area contributed by atoms with Crippen molar-refractivity contribution < 1.29 is 9.59 Å². The topological polar surface area (TPSA) is 93.1 Å². The summed E-state index contributed by atoms with van der Waals surface area (Å²) in [5.41, 5.74) is 3.07. The number of anilines is 2. The summed E-state index contributed by atoms with van der Waals surface area (Å²) in [6.45, 7) is 3.98. The van der Waals surface area contributed by atoms with Crippen molar-refractivity contribution in [2.75, 3.05) is 10.6 Å². The molecule has 0 saturated heterocycles. The molecule has 2 aromatic carbocycles. The van der Waals surface area contributed by atoms with E-state index in [-0.39, 0.29) is 24.6 Å². The lowest BCUT2D eigenvalue weighted by Crippen LogP contribution is -2.28. The van der Waals surface area contributed by atoms with E-state index >= 15 is 0 Å². The number of benzene rings is 2. The first-order valence-electron chi connectivity index (χ1n) is 9.34. The highest BCUT2D eigenvalue weighted by Crippen LogP contribution is 2.16. The maximum absolute atomic E-state index is 12.5. The minimum atomic E-state index is -0.435. The third kappa shape index (κ3) is 5.55. The average Bonchev–Trinajstić information content (AvgIpc) is 2.70. The van der Waals surface area contributed by atoms with Gasteiger partial charge in [0.05, 0.1) is 6.54 Å². The van der Waals surface area contributed by atoms with Crippen LogP contribution in [0.2, 0.25) is 5.02 Å². The second-order valence-corrected chi connectivity index (χ2v) is 7.28. The fourth-order valence-electron chi connectivity index (χ4n) is 2.74. The van der Waals surface area contributed by atoms with E-state index in [2.05, 4.69) is 15.7 Å². The van der Waals surface area contributed by atoms with Gasteiger partial charge in [0.25, 0.3) is 11.5 Å². The van der Waals surface area contributed by atoms with Crippen LogP contribution in [0, 0.1) is 13.8 Å². The van der Waals surface area contributed by atoms with Crippen molar-refractivity contribution in [1.82, 2.24) is 9.78 Å². The second kappa shape index (κ2) is 9.37. The molecule has 8 heteroatoms. The Labute approximate surface area is 178 Å². The predicted molar refractivity (Wildman–Crippen MR) is 117 cm³/mol. The quantitative estimate of drug-likeness (QED) is 0.629. The number of nitrogens with zero attached hydrogens (tertiary/aromatic N) is 2. The van der Waals surface area contributed by atoms with Crippen LogP contribution >= 0.6 is 11.6 Å². The maximum atomic E-state index is 12.5. The zero-order valence-electron chi connectivity index (χ0n) is 16.6.